The third kappa shape index (κ3) is 4.65. The molecular weight excluding hydrogens is 388 g/mol. The van der Waals surface area contributed by atoms with Gasteiger partial charge in [0.25, 0.3) is 0 Å². The zero-order valence-electron chi connectivity index (χ0n) is 16.1. The lowest BCUT2D eigenvalue weighted by atomic mass is 10.2. The highest BCUT2D eigenvalue weighted by Crippen LogP contribution is 2.26. The molecule has 1 aliphatic rings. The van der Waals surface area contributed by atoms with Gasteiger partial charge in [0.05, 0.1) is 23.5 Å². The Hall–Kier alpha value is -3.13. The molecule has 3 heterocycles. The van der Waals surface area contributed by atoms with Crippen molar-refractivity contribution >= 4 is 34.6 Å². The van der Waals surface area contributed by atoms with Crippen LogP contribution in [0, 0.1) is 6.92 Å². The van der Waals surface area contributed by atoms with E-state index in [0.29, 0.717) is 22.8 Å². The van der Waals surface area contributed by atoms with Gasteiger partial charge in [0.15, 0.2) is 10.8 Å². The van der Waals surface area contributed by atoms with Gasteiger partial charge in [-0.3, -0.25) is 4.79 Å². The van der Waals surface area contributed by atoms with Crippen molar-refractivity contribution in [3.05, 3.63) is 53.2 Å². The Morgan fingerprint density at radius 2 is 1.83 bits per heavy atom. The molecule has 1 saturated heterocycles. The number of thiazole rings is 1. The molecule has 2 aromatic heterocycles. The van der Waals surface area contributed by atoms with E-state index in [1.165, 1.54) is 11.3 Å². The summed E-state index contributed by atoms with van der Waals surface area (Å²) in [7, 11) is 0. The molecule has 0 saturated carbocycles. The molecule has 7 nitrogen and oxygen atoms in total. The van der Waals surface area contributed by atoms with Gasteiger partial charge in [0.1, 0.15) is 5.76 Å². The summed E-state index contributed by atoms with van der Waals surface area (Å²) >= 11 is 1.44. The zero-order chi connectivity index (χ0) is 20.2. The quantitative estimate of drug-likeness (QED) is 0.647. The van der Waals surface area contributed by atoms with Crippen molar-refractivity contribution in [1.82, 2.24) is 9.88 Å². The molecule has 8 heteroatoms. The molecule has 2 N–H and O–H groups in total. The van der Waals surface area contributed by atoms with E-state index in [1.54, 1.807) is 17.0 Å². The second-order valence-electron chi connectivity index (χ2n) is 6.95. The topological polar surface area (TPSA) is 87.5 Å². The number of amides is 3. The van der Waals surface area contributed by atoms with Crippen molar-refractivity contribution in [1.29, 1.82) is 0 Å². The van der Waals surface area contributed by atoms with E-state index < -0.39 is 0 Å². The van der Waals surface area contributed by atoms with Crippen LogP contribution < -0.4 is 10.6 Å². The molecule has 1 aromatic carbocycles. The highest BCUT2D eigenvalue weighted by molar-refractivity contribution is 7.13. The second kappa shape index (κ2) is 8.48. The summed E-state index contributed by atoms with van der Waals surface area (Å²) in [6.07, 6.45) is 2.20. The molecular formula is C21H22N4O3S. The SMILES string of the molecule is Cc1ccc(-c2nc(CC(=O)Nc3ccccc3NC(=O)N3CCCC3)cs2)o1. The van der Waals surface area contributed by atoms with E-state index in [-0.39, 0.29) is 18.4 Å². The number of nitrogens with zero attached hydrogens (tertiary/aromatic N) is 2. The van der Waals surface area contributed by atoms with Crippen LogP contribution in [0.1, 0.15) is 24.3 Å². The van der Waals surface area contributed by atoms with E-state index in [9.17, 15) is 9.59 Å². The van der Waals surface area contributed by atoms with E-state index in [0.717, 1.165) is 36.7 Å². The molecule has 1 fully saturated rings. The van der Waals surface area contributed by atoms with Crippen LogP contribution >= 0.6 is 11.3 Å². The first kappa shape index (κ1) is 19.2. The van der Waals surface area contributed by atoms with Gasteiger partial charge in [0.2, 0.25) is 5.91 Å². The van der Waals surface area contributed by atoms with Crippen molar-refractivity contribution < 1.29 is 14.0 Å². The average molecular weight is 410 g/mol. The summed E-state index contributed by atoms with van der Waals surface area (Å²) in [6.45, 7) is 3.41. The fourth-order valence-corrected chi connectivity index (χ4v) is 4.00. The predicted molar refractivity (Wildman–Crippen MR) is 113 cm³/mol. The fraction of sp³-hybridized carbons (Fsp3) is 0.286. The van der Waals surface area contributed by atoms with Crippen LogP contribution in [0.4, 0.5) is 16.2 Å². The number of urea groups is 1. The first-order valence-corrected chi connectivity index (χ1v) is 10.4. The van der Waals surface area contributed by atoms with E-state index >= 15 is 0 Å². The Morgan fingerprint density at radius 3 is 2.52 bits per heavy atom. The lowest BCUT2D eigenvalue weighted by molar-refractivity contribution is -0.115. The van der Waals surface area contributed by atoms with Crippen molar-refractivity contribution in [2.24, 2.45) is 0 Å². The average Bonchev–Trinajstić information content (AvgIpc) is 3.45. The van der Waals surface area contributed by atoms with Crippen molar-refractivity contribution in [2.45, 2.75) is 26.2 Å². The van der Waals surface area contributed by atoms with Crippen LogP contribution in [0.25, 0.3) is 10.8 Å². The molecule has 3 amide bonds. The minimum absolute atomic E-state index is 0.137. The van der Waals surface area contributed by atoms with E-state index in [4.69, 9.17) is 4.42 Å². The normalized spacial score (nSPS) is 13.5. The minimum atomic E-state index is -0.194. The Balaban J connectivity index is 1.40. The molecule has 0 radical (unpaired) electrons. The smallest absolute Gasteiger partial charge is 0.321 e. The molecule has 1 aliphatic heterocycles. The number of aromatic nitrogens is 1. The molecule has 29 heavy (non-hydrogen) atoms. The number of likely N-dealkylation sites (tertiary alicyclic amines) is 1. The maximum atomic E-state index is 12.5. The van der Waals surface area contributed by atoms with Crippen LogP contribution in [0.2, 0.25) is 0 Å². The number of rotatable bonds is 5. The Morgan fingerprint density at radius 1 is 1.10 bits per heavy atom. The Labute approximate surface area is 172 Å². The van der Waals surface area contributed by atoms with E-state index in [2.05, 4.69) is 15.6 Å². The number of benzene rings is 1. The van der Waals surface area contributed by atoms with Gasteiger partial charge in [-0.25, -0.2) is 9.78 Å². The van der Waals surface area contributed by atoms with Crippen LogP contribution in [0.15, 0.2) is 46.2 Å². The number of para-hydroxylation sites is 2. The third-order valence-electron chi connectivity index (χ3n) is 4.68. The van der Waals surface area contributed by atoms with Crippen LogP contribution in [0.3, 0.4) is 0 Å². The lowest BCUT2D eigenvalue weighted by Crippen LogP contribution is -2.32. The molecule has 0 bridgehead atoms. The number of hydrogen-bond donors (Lipinski definition) is 2. The summed E-state index contributed by atoms with van der Waals surface area (Å²) in [6, 6.07) is 10.8. The van der Waals surface area contributed by atoms with Gasteiger partial charge in [-0.15, -0.1) is 11.3 Å². The van der Waals surface area contributed by atoms with Gasteiger partial charge in [0, 0.05) is 18.5 Å². The second-order valence-corrected chi connectivity index (χ2v) is 7.81. The van der Waals surface area contributed by atoms with Crippen molar-refractivity contribution in [3.63, 3.8) is 0 Å². The lowest BCUT2D eigenvalue weighted by Gasteiger charge is -2.18. The number of aryl methyl sites for hydroxylation is 1. The number of carbonyl (C=O) groups excluding carboxylic acids is 2. The number of hydrogen-bond acceptors (Lipinski definition) is 5. The summed E-state index contributed by atoms with van der Waals surface area (Å²) < 4.78 is 5.58. The van der Waals surface area contributed by atoms with Crippen LogP contribution in [0.5, 0.6) is 0 Å². The van der Waals surface area contributed by atoms with Gasteiger partial charge in [-0.1, -0.05) is 12.1 Å². The highest BCUT2D eigenvalue weighted by atomic mass is 32.1. The number of carbonyl (C=O) groups is 2. The molecule has 3 aromatic rings. The standard InChI is InChI=1S/C21H22N4O3S/c1-14-8-9-18(28-14)20-22-15(13-29-20)12-19(26)23-16-6-2-3-7-17(16)24-21(27)25-10-4-5-11-25/h2-3,6-9,13H,4-5,10-12H2,1H3,(H,23,26)(H,24,27). The number of anilines is 2. The van der Waals surface area contributed by atoms with Crippen LogP contribution in [-0.2, 0) is 11.2 Å². The molecule has 0 aliphatic carbocycles. The largest absolute Gasteiger partial charge is 0.459 e. The van der Waals surface area contributed by atoms with Gasteiger partial charge in [-0.2, -0.15) is 0 Å². The monoisotopic (exact) mass is 410 g/mol. The molecule has 0 spiro atoms. The maximum Gasteiger partial charge on any atom is 0.321 e. The zero-order valence-corrected chi connectivity index (χ0v) is 16.9. The molecule has 0 unspecified atom stereocenters. The Bertz CT molecular complexity index is 1020. The Kier molecular flexibility index (Phi) is 5.62. The van der Waals surface area contributed by atoms with E-state index in [1.807, 2.05) is 36.6 Å². The molecule has 4 rings (SSSR count). The highest BCUT2D eigenvalue weighted by Gasteiger charge is 2.19. The summed E-state index contributed by atoms with van der Waals surface area (Å²) in [5.41, 5.74) is 1.83. The summed E-state index contributed by atoms with van der Waals surface area (Å²) in [5.74, 6) is 1.33. The number of furan rings is 1. The van der Waals surface area contributed by atoms with Crippen molar-refractivity contribution in [3.8, 4) is 10.8 Å². The van der Waals surface area contributed by atoms with Gasteiger partial charge < -0.3 is 20.0 Å². The third-order valence-corrected chi connectivity index (χ3v) is 5.59. The van der Waals surface area contributed by atoms with Gasteiger partial charge in [-0.05, 0) is 44.0 Å². The fourth-order valence-electron chi connectivity index (χ4n) is 3.23. The minimum Gasteiger partial charge on any atom is -0.459 e. The number of nitrogens with one attached hydrogen (secondary N) is 2. The molecule has 150 valence electrons. The first-order chi connectivity index (χ1) is 14.1. The summed E-state index contributed by atoms with van der Waals surface area (Å²) in [5, 5.41) is 8.38. The predicted octanol–water partition coefficient (Wildman–Crippen LogP) is 4.52. The first-order valence-electron chi connectivity index (χ1n) is 9.54. The molecule has 0 atom stereocenters. The van der Waals surface area contributed by atoms with Gasteiger partial charge >= 0.3 is 6.03 Å². The summed E-state index contributed by atoms with van der Waals surface area (Å²) in [4.78, 5) is 31.2. The maximum absolute atomic E-state index is 12.5. The van der Waals surface area contributed by atoms with Crippen LogP contribution in [-0.4, -0.2) is 34.9 Å². The van der Waals surface area contributed by atoms with Crippen molar-refractivity contribution in [2.75, 3.05) is 23.7 Å².